The van der Waals surface area contributed by atoms with Crippen LogP contribution in [0.3, 0.4) is 0 Å². The fraction of sp³-hybridized carbons (Fsp3) is 0.833. The van der Waals surface area contributed by atoms with Crippen molar-refractivity contribution in [1.29, 1.82) is 0 Å². The van der Waals surface area contributed by atoms with E-state index >= 15 is 0 Å². The molecule has 0 amide bonds. The Morgan fingerprint density at radius 3 is 2.62 bits per heavy atom. The summed E-state index contributed by atoms with van der Waals surface area (Å²) in [4.78, 5) is 4.68. The molecule has 2 heterocycles. The van der Waals surface area contributed by atoms with Gasteiger partial charge in [0.15, 0.2) is 5.82 Å². The number of hydrogen-bond donors (Lipinski definition) is 1. The van der Waals surface area contributed by atoms with E-state index in [1.54, 1.807) is 0 Å². The van der Waals surface area contributed by atoms with E-state index in [1.165, 1.54) is 32.1 Å². The highest BCUT2D eigenvalue weighted by Crippen LogP contribution is 2.32. The zero-order valence-electron chi connectivity index (χ0n) is 9.73. The SMILES string of the molecule is NC1CCCn2nc(C3CCCCC3)nc21. The molecule has 0 saturated heterocycles. The van der Waals surface area contributed by atoms with Crippen LogP contribution in [0.5, 0.6) is 0 Å². The Labute approximate surface area is 96.2 Å². The van der Waals surface area contributed by atoms with Gasteiger partial charge >= 0.3 is 0 Å². The summed E-state index contributed by atoms with van der Waals surface area (Å²) in [6.07, 6.45) is 8.77. The maximum Gasteiger partial charge on any atom is 0.154 e. The van der Waals surface area contributed by atoms with Crippen molar-refractivity contribution in [3.63, 3.8) is 0 Å². The first-order valence-corrected chi connectivity index (χ1v) is 6.55. The molecule has 1 unspecified atom stereocenters. The molecule has 1 aliphatic carbocycles. The molecule has 2 N–H and O–H groups in total. The van der Waals surface area contributed by atoms with Gasteiger partial charge in [-0.2, -0.15) is 5.10 Å². The van der Waals surface area contributed by atoms with Crippen LogP contribution in [0.15, 0.2) is 0 Å². The van der Waals surface area contributed by atoms with E-state index in [0.717, 1.165) is 31.0 Å². The molecule has 3 rings (SSSR count). The van der Waals surface area contributed by atoms with Crippen molar-refractivity contribution < 1.29 is 0 Å². The Morgan fingerprint density at radius 2 is 1.88 bits per heavy atom. The summed E-state index contributed by atoms with van der Waals surface area (Å²) in [7, 11) is 0. The highest BCUT2D eigenvalue weighted by molar-refractivity contribution is 5.05. The fourth-order valence-corrected chi connectivity index (χ4v) is 2.94. The maximum atomic E-state index is 6.07. The third-order valence-electron chi connectivity index (χ3n) is 3.90. The number of nitrogens with two attached hydrogens (primary N) is 1. The lowest BCUT2D eigenvalue weighted by molar-refractivity contribution is 0.412. The first kappa shape index (κ1) is 10.3. The van der Waals surface area contributed by atoms with Gasteiger partial charge < -0.3 is 5.73 Å². The number of rotatable bonds is 1. The summed E-state index contributed by atoms with van der Waals surface area (Å²) in [6, 6.07) is 0.110. The second-order valence-electron chi connectivity index (χ2n) is 5.13. The van der Waals surface area contributed by atoms with Crippen molar-refractivity contribution in [3.05, 3.63) is 11.6 Å². The minimum atomic E-state index is 0.110. The van der Waals surface area contributed by atoms with Gasteiger partial charge in [0, 0.05) is 12.5 Å². The lowest BCUT2D eigenvalue weighted by Gasteiger charge is -2.18. The van der Waals surface area contributed by atoms with Crippen molar-refractivity contribution >= 4 is 0 Å². The minimum Gasteiger partial charge on any atom is -0.321 e. The molecule has 0 bridgehead atoms. The molecule has 4 heteroatoms. The molecule has 1 atom stereocenters. The van der Waals surface area contributed by atoms with Crippen LogP contribution >= 0.6 is 0 Å². The zero-order chi connectivity index (χ0) is 11.0. The Hall–Kier alpha value is -0.900. The first-order chi connectivity index (χ1) is 7.84. The molecule has 16 heavy (non-hydrogen) atoms. The van der Waals surface area contributed by atoms with Gasteiger partial charge in [-0.15, -0.1) is 0 Å². The average molecular weight is 220 g/mol. The van der Waals surface area contributed by atoms with Crippen LogP contribution in [0.1, 0.15) is 68.6 Å². The van der Waals surface area contributed by atoms with Crippen molar-refractivity contribution in [2.45, 2.75) is 63.5 Å². The fourth-order valence-electron chi connectivity index (χ4n) is 2.94. The molecular weight excluding hydrogens is 200 g/mol. The normalized spacial score (nSPS) is 26.7. The van der Waals surface area contributed by atoms with Crippen LogP contribution < -0.4 is 5.73 Å². The molecule has 1 aromatic heterocycles. The van der Waals surface area contributed by atoms with Gasteiger partial charge in [-0.3, -0.25) is 0 Å². The molecule has 1 fully saturated rings. The van der Waals surface area contributed by atoms with Crippen LogP contribution in [-0.2, 0) is 6.54 Å². The van der Waals surface area contributed by atoms with Gasteiger partial charge in [-0.05, 0) is 25.7 Å². The maximum absolute atomic E-state index is 6.07. The number of aryl methyl sites for hydroxylation is 1. The van der Waals surface area contributed by atoms with E-state index in [1.807, 2.05) is 4.68 Å². The predicted molar refractivity (Wildman–Crippen MR) is 62.0 cm³/mol. The molecule has 0 radical (unpaired) electrons. The summed E-state index contributed by atoms with van der Waals surface area (Å²) < 4.78 is 2.04. The van der Waals surface area contributed by atoms with E-state index in [9.17, 15) is 0 Å². The summed E-state index contributed by atoms with van der Waals surface area (Å²) >= 11 is 0. The van der Waals surface area contributed by atoms with Gasteiger partial charge in [0.2, 0.25) is 0 Å². The van der Waals surface area contributed by atoms with Crippen LogP contribution in [0.4, 0.5) is 0 Å². The highest BCUT2D eigenvalue weighted by atomic mass is 15.4. The van der Waals surface area contributed by atoms with E-state index in [4.69, 9.17) is 5.73 Å². The van der Waals surface area contributed by atoms with Crippen LogP contribution in [0.2, 0.25) is 0 Å². The second-order valence-corrected chi connectivity index (χ2v) is 5.13. The lowest BCUT2D eigenvalue weighted by atomic mass is 9.89. The average Bonchev–Trinajstić information content (AvgIpc) is 2.76. The Morgan fingerprint density at radius 1 is 1.06 bits per heavy atom. The van der Waals surface area contributed by atoms with Gasteiger partial charge in [0.05, 0.1) is 6.04 Å². The minimum absolute atomic E-state index is 0.110. The molecule has 2 aliphatic rings. The smallest absolute Gasteiger partial charge is 0.154 e. The van der Waals surface area contributed by atoms with E-state index in [-0.39, 0.29) is 6.04 Å². The largest absolute Gasteiger partial charge is 0.321 e. The molecule has 88 valence electrons. The lowest BCUT2D eigenvalue weighted by Crippen LogP contribution is -2.22. The Kier molecular flexibility index (Phi) is 2.67. The van der Waals surface area contributed by atoms with Crippen LogP contribution in [0.25, 0.3) is 0 Å². The summed E-state index contributed by atoms with van der Waals surface area (Å²) in [5.74, 6) is 2.68. The third-order valence-corrected chi connectivity index (χ3v) is 3.90. The quantitative estimate of drug-likeness (QED) is 0.788. The van der Waals surface area contributed by atoms with Gasteiger partial charge in [-0.1, -0.05) is 19.3 Å². The van der Waals surface area contributed by atoms with Gasteiger partial charge in [-0.25, -0.2) is 9.67 Å². The summed E-state index contributed by atoms with van der Waals surface area (Å²) in [5.41, 5.74) is 6.07. The number of nitrogens with zero attached hydrogens (tertiary/aromatic N) is 3. The van der Waals surface area contributed by atoms with Crippen LogP contribution in [0, 0.1) is 0 Å². The predicted octanol–water partition coefficient (Wildman–Crippen LogP) is 2.12. The number of fused-ring (bicyclic) bond motifs is 1. The second kappa shape index (κ2) is 4.17. The standard InChI is InChI=1S/C12H20N4/c13-10-7-4-8-16-12(10)14-11(15-16)9-5-2-1-3-6-9/h9-10H,1-8,13H2. The molecule has 1 saturated carbocycles. The first-order valence-electron chi connectivity index (χ1n) is 6.55. The topological polar surface area (TPSA) is 56.7 Å². The number of aromatic nitrogens is 3. The van der Waals surface area contributed by atoms with E-state index in [0.29, 0.717) is 5.92 Å². The van der Waals surface area contributed by atoms with Gasteiger partial charge in [0.1, 0.15) is 5.82 Å². The Bertz CT molecular complexity index is 365. The molecule has 0 spiro atoms. The molecule has 1 aromatic rings. The summed E-state index contributed by atoms with van der Waals surface area (Å²) in [5, 5.41) is 4.65. The van der Waals surface area contributed by atoms with E-state index < -0.39 is 0 Å². The van der Waals surface area contributed by atoms with Crippen LogP contribution in [-0.4, -0.2) is 14.8 Å². The van der Waals surface area contributed by atoms with Crippen molar-refractivity contribution in [3.8, 4) is 0 Å². The van der Waals surface area contributed by atoms with Gasteiger partial charge in [0.25, 0.3) is 0 Å². The number of hydrogen-bond acceptors (Lipinski definition) is 3. The molecule has 1 aliphatic heterocycles. The molecule has 4 nitrogen and oxygen atoms in total. The monoisotopic (exact) mass is 220 g/mol. The molecular formula is C12H20N4. The van der Waals surface area contributed by atoms with E-state index in [2.05, 4.69) is 10.1 Å². The Balaban J connectivity index is 1.85. The zero-order valence-corrected chi connectivity index (χ0v) is 9.73. The summed E-state index contributed by atoms with van der Waals surface area (Å²) in [6.45, 7) is 1.00. The van der Waals surface area contributed by atoms with Crippen molar-refractivity contribution in [2.24, 2.45) is 5.73 Å². The third kappa shape index (κ3) is 1.75. The van der Waals surface area contributed by atoms with Crippen molar-refractivity contribution in [1.82, 2.24) is 14.8 Å². The molecule has 0 aromatic carbocycles. The van der Waals surface area contributed by atoms with Crippen molar-refractivity contribution in [2.75, 3.05) is 0 Å². The highest BCUT2D eigenvalue weighted by Gasteiger charge is 2.25.